The highest BCUT2D eigenvalue weighted by Gasteiger charge is 2.12. The molecule has 1 aromatic rings. The molecule has 0 fully saturated rings. The number of fused-ring (bicyclic) bond motifs is 1. The van der Waals surface area contributed by atoms with Gasteiger partial charge in [0.25, 0.3) is 0 Å². The fourth-order valence-electron chi connectivity index (χ4n) is 1.56. The van der Waals surface area contributed by atoms with Gasteiger partial charge in [0, 0.05) is 31.5 Å². The average molecular weight is 223 g/mol. The number of benzene rings is 1. The monoisotopic (exact) mass is 223 g/mol. The van der Waals surface area contributed by atoms with Crippen LogP contribution in [0, 0.1) is 0 Å². The molecule has 16 heavy (non-hydrogen) atoms. The molecular formula is C12H17NO3. The lowest BCUT2D eigenvalue weighted by atomic mass is 10.2. The first-order valence-corrected chi connectivity index (χ1v) is 5.61. The quantitative estimate of drug-likeness (QED) is 0.751. The van der Waals surface area contributed by atoms with Crippen LogP contribution in [0.1, 0.15) is 13.3 Å². The largest absolute Gasteiger partial charge is 0.454 e. The summed E-state index contributed by atoms with van der Waals surface area (Å²) in [5.41, 5.74) is 1.06. The summed E-state index contributed by atoms with van der Waals surface area (Å²) in [5, 5.41) is 3.32. The van der Waals surface area contributed by atoms with Crippen molar-refractivity contribution in [2.75, 3.05) is 31.9 Å². The topological polar surface area (TPSA) is 39.7 Å². The summed E-state index contributed by atoms with van der Waals surface area (Å²) >= 11 is 0. The van der Waals surface area contributed by atoms with E-state index in [1.165, 1.54) is 0 Å². The normalized spacial score (nSPS) is 12.8. The van der Waals surface area contributed by atoms with Gasteiger partial charge < -0.3 is 19.5 Å². The number of hydrogen-bond acceptors (Lipinski definition) is 4. The number of hydrogen-bond donors (Lipinski definition) is 1. The summed E-state index contributed by atoms with van der Waals surface area (Å²) in [7, 11) is 0. The summed E-state index contributed by atoms with van der Waals surface area (Å²) in [6, 6.07) is 5.88. The highest BCUT2D eigenvalue weighted by atomic mass is 16.7. The first kappa shape index (κ1) is 11.1. The SMILES string of the molecule is CCOCCCNc1ccc2c(c1)OCO2. The van der Waals surface area contributed by atoms with E-state index in [0.717, 1.165) is 43.4 Å². The predicted octanol–water partition coefficient (Wildman–Crippen LogP) is 2.25. The van der Waals surface area contributed by atoms with Gasteiger partial charge in [0.1, 0.15) is 0 Å². The lowest BCUT2D eigenvalue weighted by molar-refractivity contribution is 0.147. The lowest BCUT2D eigenvalue weighted by Crippen LogP contribution is -2.05. The second-order valence-electron chi connectivity index (χ2n) is 3.55. The Bertz CT molecular complexity index is 341. The molecule has 88 valence electrons. The van der Waals surface area contributed by atoms with Crippen LogP contribution in [-0.2, 0) is 4.74 Å². The molecule has 0 aliphatic carbocycles. The fourth-order valence-corrected chi connectivity index (χ4v) is 1.56. The Labute approximate surface area is 95.5 Å². The summed E-state index contributed by atoms with van der Waals surface area (Å²) in [5.74, 6) is 1.63. The zero-order valence-electron chi connectivity index (χ0n) is 9.49. The van der Waals surface area contributed by atoms with Crippen LogP contribution in [0.2, 0.25) is 0 Å². The van der Waals surface area contributed by atoms with Crippen LogP contribution < -0.4 is 14.8 Å². The maximum Gasteiger partial charge on any atom is 0.231 e. The Balaban J connectivity index is 1.77. The van der Waals surface area contributed by atoms with E-state index in [0.29, 0.717) is 6.79 Å². The maximum absolute atomic E-state index is 5.30. The molecule has 0 spiro atoms. The van der Waals surface area contributed by atoms with E-state index < -0.39 is 0 Å². The van der Waals surface area contributed by atoms with Crippen molar-refractivity contribution in [3.05, 3.63) is 18.2 Å². The van der Waals surface area contributed by atoms with Crippen molar-refractivity contribution in [3.63, 3.8) is 0 Å². The lowest BCUT2D eigenvalue weighted by Gasteiger charge is -2.07. The van der Waals surface area contributed by atoms with Crippen molar-refractivity contribution in [2.24, 2.45) is 0 Å². The van der Waals surface area contributed by atoms with E-state index in [9.17, 15) is 0 Å². The first-order chi connectivity index (χ1) is 7.90. The van der Waals surface area contributed by atoms with Gasteiger partial charge in [0.05, 0.1) is 0 Å². The van der Waals surface area contributed by atoms with Crippen LogP contribution in [0.15, 0.2) is 18.2 Å². The summed E-state index contributed by atoms with van der Waals surface area (Å²) in [6.45, 7) is 4.81. The minimum atomic E-state index is 0.323. The highest BCUT2D eigenvalue weighted by molar-refractivity contribution is 5.55. The fraction of sp³-hybridized carbons (Fsp3) is 0.500. The van der Waals surface area contributed by atoms with E-state index in [4.69, 9.17) is 14.2 Å². The molecule has 0 aromatic heterocycles. The smallest absolute Gasteiger partial charge is 0.231 e. The van der Waals surface area contributed by atoms with Gasteiger partial charge >= 0.3 is 0 Å². The molecule has 0 saturated heterocycles. The van der Waals surface area contributed by atoms with Crippen LogP contribution >= 0.6 is 0 Å². The third-order valence-electron chi connectivity index (χ3n) is 2.37. The number of ether oxygens (including phenoxy) is 3. The molecule has 1 aliphatic heterocycles. The number of nitrogens with one attached hydrogen (secondary N) is 1. The molecule has 0 atom stereocenters. The number of anilines is 1. The standard InChI is InChI=1S/C12H17NO3/c1-2-14-7-3-6-13-10-4-5-11-12(8-10)16-9-15-11/h4-5,8,13H,2-3,6-7,9H2,1H3. The Morgan fingerprint density at radius 2 is 2.19 bits per heavy atom. The Hall–Kier alpha value is -1.42. The number of rotatable bonds is 6. The van der Waals surface area contributed by atoms with E-state index in [2.05, 4.69) is 5.32 Å². The molecule has 4 heteroatoms. The van der Waals surface area contributed by atoms with Crippen LogP contribution in [0.4, 0.5) is 5.69 Å². The van der Waals surface area contributed by atoms with Gasteiger partial charge in [-0.3, -0.25) is 0 Å². The van der Waals surface area contributed by atoms with Crippen molar-refractivity contribution in [1.82, 2.24) is 0 Å². The third-order valence-corrected chi connectivity index (χ3v) is 2.37. The molecular weight excluding hydrogens is 206 g/mol. The molecule has 0 saturated carbocycles. The summed E-state index contributed by atoms with van der Waals surface area (Å²) in [6.07, 6.45) is 1.00. The van der Waals surface area contributed by atoms with Crippen molar-refractivity contribution in [1.29, 1.82) is 0 Å². The van der Waals surface area contributed by atoms with E-state index in [-0.39, 0.29) is 0 Å². The zero-order chi connectivity index (χ0) is 11.2. The molecule has 0 unspecified atom stereocenters. The molecule has 0 bridgehead atoms. The Morgan fingerprint density at radius 3 is 3.06 bits per heavy atom. The van der Waals surface area contributed by atoms with Crippen molar-refractivity contribution in [3.8, 4) is 11.5 Å². The van der Waals surface area contributed by atoms with Gasteiger partial charge in [-0.15, -0.1) is 0 Å². The molecule has 1 heterocycles. The summed E-state index contributed by atoms with van der Waals surface area (Å²) < 4.78 is 15.8. The molecule has 0 radical (unpaired) electrons. The van der Waals surface area contributed by atoms with Crippen LogP contribution in [0.5, 0.6) is 11.5 Å². The van der Waals surface area contributed by atoms with Crippen LogP contribution in [0.3, 0.4) is 0 Å². The minimum absolute atomic E-state index is 0.323. The van der Waals surface area contributed by atoms with Crippen molar-refractivity contribution >= 4 is 5.69 Å². The van der Waals surface area contributed by atoms with Gasteiger partial charge in [-0.25, -0.2) is 0 Å². The van der Waals surface area contributed by atoms with Gasteiger partial charge in [0.15, 0.2) is 11.5 Å². The van der Waals surface area contributed by atoms with Crippen molar-refractivity contribution in [2.45, 2.75) is 13.3 Å². The average Bonchev–Trinajstić information content (AvgIpc) is 2.76. The maximum atomic E-state index is 5.30. The molecule has 1 N–H and O–H groups in total. The first-order valence-electron chi connectivity index (χ1n) is 5.61. The van der Waals surface area contributed by atoms with Crippen LogP contribution in [0.25, 0.3) is 0 Å². The van der Waals surface area contributed by atoms with Gasteiger partial charge in [-0.1, -0.05) is 0 Å². The third kappa shape index (κ3) is 2.79. The van der Waals surface area contributed by atoms with E-state index in [1.54, 1.807) is 0 Å². The molecule has 2 rings (SSSR count). The van der Waals surface area contributed by atoms with E-state index >= 15 is 0 Å². The van der Waals surface area contributed by atoms with Gasteiger partial charge in [-0.05, 0) is 25.5 Å². The van der Waals surface area contributed by atoms with Crippen molar-refractivity contribution < 1.29 is 14.2 Å². The highest BCUT2D eigenvalue weighted by Crippen LogP contribution is 2.34. The van der Waals surface area contributed by atoms with Crippen LogP contribution in [-0.4, -0.2) is 26.6 Å². The molecule has 4 nitrogen and oxygen atoms in total. The predicted molar refractivity (Wildman–Crippen MR) is 62.2 cm³/mol. The molecule has 0 amide bonds. The van der Waals surface area contributed by atoms with E-state index in [1.807, 2.05) is 25.1 Å². The second kappa shape index (κ2) is 5.61. The zero-order valence-corrected chi connectivity index (χ0v) is 9.49. The summed E-state index contributed by atoms with van der Waals surface area (Å²) in [4.78, 5) is 0. The second-order valence-corrected chi connectivity index (χ2v) is 3.55. The Morgan fingerprint density at radius 1 is 1.31 bits per heavy atom. The van der Waals surface area contributed by atoms with Gasteiger partial charge in [-0.2, -0.15) is 0 Å². The van der Waals surface area contributed by atoms with Gasteiger partial charge in [0.2, 0.25) is 6.79 Å². The minimum Gasteiger partial charge on any atom is -0.454 e. The molecule has 1 aliphatic rings. The Kier molecular flexibility index (Phi) is 3.88. The molecule has 1 aromatic carbocycles.